The van der Waals surface area contributed by atoms with Crippen LogP contribution in [0.5, 0.6) is 5.75 Å². The van der Waals surface area contributed by atoms with Gasteiger partial charge in [-0.3, -0.25) is 4.79 Å². The van der Waals surface area contributed by atoms with Gasteiger partial charge in [0.2, 0.25) is 5.09 Å². The van der Waals surface area contributed by atoms with E-state index >= 15 is 0 Å². The van der Waals surface area contributed by atoms with E-state index in [0.29, 0.717) is 17.0 Å². The molecule has 8 nitrogen and oxygen atoms in total. The molecule has 4 aromatic rings. The number of rotatable bonds is 9. The smallest absolute Gasteiger partial charge is 0.443 e. The maximum atomic E-state index is 13.4. The topological polar surface area (TPSA) is 111 Å². The van der Waals surface area contributed by atoms with E-state index in [-0.39, 0.29) is 29.6 Å². The van der Waals surface area contributed by atoms with Gasteiger partial charge >= 0.3 is 6.36 Å². The third kappa shape index (κ3) is 6.68. The molecule has 0 aliphatic heterocycles. The second-order valence-corrected chi connectivity index (χ2v) is 9.67. The van der Waals surface area contributed by atoms with Crippen molar-refractivity contribution in [2.45, 2.75) is 37.3 Å². The van der Waals surface area contributed by atoms with Crippen LogP contribution in [0.3, 0.4) is 0 Å². The average molecular weight is 537 g/mol. The highest BCUT2D eigenvalue weighted by Crippen LogP contribution is 2.26. The number of Topliss-reactive ketones (excluding diaryl/α,β-unsaturated/α-hetero) is 1. The molecule has 0 fully saturated rings. The Morgan fingerprint density at radius 3 is 2.51 bits per heavy atom. The summed E-state index contributed by atoms with van der Waals surface area (Å²) < 4.78 is 87.0. The normalized spacial score (nSPS) is 13.0. The quantitative estimate of drug-likeness (QED) is 0.306. The molecule has 2 heterocycles. The number of ketones is 1. The Morgan fingerprint density at radius 1 is 1.08 bits per heavy atom. The number of furan rings is 1. The first-order valence-corrected chi connectivity index (χ1v) is 12.3. The number of nitrogens with zero attached hydrogens (tertiary/aromatic N) is 2. The summed E-state index contributed by atoms with van der Waals surface area (Å²) in [6.45, 7) is 1.39. The molecule has 13 heteroatoms. The molecule has 0 saturated carbocycles. The molecule has 2 aromatic heterocycles. The van der Waals surface area contributed by atoms with Gasteiger partial charge in [0.25, 0.3) is 10.0 Å². The van der Waals surface area contributed by atoms with Crippen molar-refractivity contribution in [3.8, 4) is 17.0 Å². The van der Waals surface area contributed by atoms with Crippen LogP contribution < -0.4 is 9.46 Å². The number of ether oxygens (including phenoxy) is 1. The number of alkyl halides is 3. The van der Waals surface area contributed by atoms with Gasteiger partial charge in [-0.1, -0.05) is 0 Å². The molecular weight excluding hydrogens is 518 g/mol. The minimum atomic E-state index is -4.80. The number of halogens is 4. The first kappa shape index (κ1) is 26.2. The molecule has 0 spiro atoms. The summed E-state index contributed by atoms with van der Waals surface area (Å²) >= 11 is 0. The molecule has 194 valence electrons. The van der Waals surface area contributed by atoms with Gasteiger partial charge in [-0.05, 0) is 61.9 Å². The minimum Gasteiger partial charge on any atom is -0.443 e. The van der Waals surface area contributed by atoms with E-state index in [9.17, 15) is 30.8 Å². The number of benzene rings is 2. The lowest BCUT2D eigenvalue weighted by molar-refractivity contribution is -0.274. The largest absolute Gasteiger partial charge is 0.573 e. The monoisotopic (exact) mass is 537 g/mol. The third-order valence-electron chi connectivity index (χ3n) is 5.27. The summed E-state index contributed by atoms with van der Waals surface area (Å²) in [6.07, 6.45) is -3.43. The highest BCUT2D eigenvalue weighted by Gasteiger charge is 2.31. The molecule has 37 heavy (non-hydrogen) atoms. The van der Waals surface area contributed by atoms with E-state index in [0.717, 1.165) is 24.3 Å². The SMILES string of the molecule is CC(NS(=O)(=O)c1cc2cc(F)ccc2o1)C(=O)CCc1cc(-c2ccc(OC(F)(F)F)cc2)ncn1. The van der Waals surface area contributed by atoms with E-state index in [1.807, 2.05) is 0 Å². The Labute approximate surface area is 208 Å². The number of hydrogen-bond donors (Lipinski definition) is 1. The van der Waals surface area contributed by atoms with Crippen molar-refractivity contribution in [2.75, 3.05) is 0 Å². The zero-order valence-corrected chi connectivity index (χ0v) is 19.9. The Kier molecular flexibility index (Phi) is 7.28. The number of aromatic nitrogens is 2. The van der Waals surface area contributed by atoms with Gasteiger partial charge < -0.3 is 9.15 Å². The van der Waals surface area contributed by atoms with Crippen LogP contribution in [0.2, 0.25) is 0 Å². The molecule has 2 aromatic carbocycles. The van der Waals surface area contributed by atoms with Crippen LogP contribution in [0.25, 0.3) is 22.2 Å². The fourth-order valence-corrected chi connectivity index (χ4v) is 4.66. The molecule has 0 aliphatic rings. The summed E-state index contributed by atoms with van der Waals surface area (Å²) in [5.41, 5.74) is 1.59. The Bertz CT molecular complexity index is 1540. The van der Waals surface area contributed by atoms with Crippen LogP contribution in [0.15, 0.2) is 70.4 Å². The maximum Gasteiger partial charge on any atom is 0.573 e. The summed E-state index contributed by atoms with van der Waals surface area (Å²) in [5, 5.41) is -0.179. The van der Waals surface area contributed by atoms with E-state index in [1.54, 1.807) is 6.07 Å². The Hall–Kier alpha value is -3.84. The van der Waals surface area contributed by atoms with E-state index in [4.69, 9.17) is 4.42 Å². The van der Waals surface area contributed by atoms with Gasteiger partial charge in [0.15, 0.2) is 5.78 Å². The van der Waals surface area contributed by atoms with Gasteiger partial charge in [-0.25, -0.2) is 22.8 Å². The van der Waals surface area contributed by atoms with Crippen molar-refractivity contribution in [1.82, 2.24) is 14.7 Å². The van der Waals surface area contributed by atoms with Crippen LogP contribution in [0.4, 0.5) is 17.6 Å². The number of carbonyl (C=O) groups excluding carboxylic acids is 1. The summed E-state index contributed by atoms with van der Waals surface area (Å²) in [7, 11) is -4.19. The minimum absolute atomic E-state index is 0.0517. The summed E-state index contributed by atoms with van der Waals surface area (Å²) in [4.78, 5) is 20.8. The van der Waals surface area contributed by atoms with E-state index in [2.05, 4.69) is 19.4 Å². The highest BCUT2D eigenvalue weighted by molar-refractivity contribution is 7.89. The number of carbonyl (C=O) groups is 1. The van der Waals surface area contributed by atoms with Crippen molar-refractivity contribution in [1.29, 1.82) is 0 Å². The van der Waals surface area contributed by atoms with Crippen LogP contribution >= 0.6 is 0 Å². The lowest BCUT2D eigenvalue weighted by atomic mass is 10.1. The molecule has 0 saturated heterocycles. The molecule has 4 rings (SSSR count). The van der Waals surface area contributed by atoms with Crippen molar-refractivity contribution in [3.63, 3.8) is 0 Å². The number of hydrogen-bond acceptors (Lipinski definition) is 7. The fourth-order valence-electron chi connectivity index (χ4n) is 3.47. The Morgan fingerprint density at radius 2 is 1.81 bits per heavy atom. The van der Waals surface area contributed by atoms with Gasteiger partial charge in [0.1, 0.15) is 23.5 Å². The highest BCUT2D eigenvalue weighted by atomic mass is 32.2. The second-order valence-electron chi connectivity index (χ2n) is 8.02. The summed E-state index contributed by atoms with van der Waals surface area (Å²) in [5.74, 6) is -1.34. The number of sulfonamides is 1. The van der Waals surface area contributed by atoms with Gasteiger partial charge in [-0.2, -0.15) is 4.72 Å². The second kappa shape index (κ2) is 10.3. The lowest BCUT2D eigenvalue weighted by Gasteiger charge is -2.12. The molecular formula is C24H19F4N3O5S. The number of fused-ring (bicyclic) bond motifs is 1. The van der Waals surface area contributed by atoms with E-state index in [1.165, 1.54) is 37.5 Å². The molecule has 0 radical (unpaired) electrons. The Balaban J connectivity index is 1.37. The van der Waals surface area contributed by atoms with Crippen LogP contribution in [-0.2, 0) is 21.2 Å². The lowest BCUT2D eigenvalue weighted by Crippen LogP contribution is -2.38. The third-order valence-corrected chi connectivity index (χ3v) is 6.67. The molecule has 0 aliphatic carbocycles. The first-order chi connectivity index (χ1) is 17.4. The van der Waals surface area contributed by atoms with Crippen LogP contribution in [0.1, 0.15) is 19.0 Å². The van der Waals surface area contributed by atoms with Gasteiger partial charge in [-0.15, -0.1) is 13.2 Å². The molecule has 0 amide bonds. The maximum absolute atomic E-state index is 13.4. The molecule has 1 unspecified atom stereocenters. The van der Waals surface area contributed by atoms with Crippen molar-refractivity contribution in [2.24, 2.45) is 0 Å². The predicted octanol–water partition coefficient (Wildman–Crippen LogP) is 4.80. The predicted molar refractivity (Wildman–Crippen MR) is 123 cm³/mol. The van der Waals surface area contributed by atoms with Crippen LogP contribution in [-0.4, -0.2) is 36.6 Å². The first-order valence-electron chi connectivity index (χ1n) is 10.8. The number of nitrogens with one attached hydrogen (secondary N) is 1. The standard InChI is InChI=1S/C24H19F4N3O5S/c1-14(31-37(33,34)23-11-16-10-17(25)4-9-22(16)35-23)21(32)8-5-18-12-20(30-13-29-18)15-2-6-19(7-3-15)36-24(26,27)28/h2-4,6-7,9-14,31H,5,8H2,1H3. The fraction of sp³-hybridized carbons (Fsp3) is 0.208. The van der Waals surface area contributed by atoms with Crippen molar-refractivity contribution in [3.05, 3.63) is 72.4 Å². The van der Waals surface area contributed by atoms with Crippen molar-refractivity contribution >= 4 is 26.8 Å². The van der Waals surface area contributed by atoms with Gasteiger partial charge in [0, 0.05) is 29.1 Å². The molecule has 1 N–H and O–H groups in total. The van der Waals surface area contributed by atoms with Gasteiger partial charge in [0.05, 0.1) is 11.7 Å². The van der Waals surface area contributed by atoms with Crippen LogP contribution in [0, 0.1) is 5.82 Å². The summed E-state index contributed by atoms with van der Waals surface area (Å²) in [6, 6.07) is 10.4. The average Bonchev–Trinajstić information content (AvgIpc) is 3.26. The molecule has 0 bridgehead atoms. The van der Waals surface area contributed by atoms with Crippen molar-refractivity contribution < 1.29 is 39.9 Å². The molecule has 1 atom stereocenters. The zero-order chi connectivity index (χ0) is 26.8. The number of aryl methyl sites for hydroxylation is 1. The zero-order valence-electron chi connectivity index (χ0n) is 19.1. The van der Waals surface area contributed by atoms with E-state index < -0.39 is 39.1 Å².